The highest BCUT2D eigenvalue weighted by Crippen LogP contribution is 2.22. The van der Waals surface area contributed by atoms with Crippen molar-refractivity contribution in [1.82, 2.24) is 0 Å². The van der Waals surface area contributed by atoms with Gasteiger partial charge < -0.3 is 14.4 Å². The molecule has 0 aliphatic heterocycles. The van der Waals surface area contributed by atoms with Gasteiger partial charge in [0.05, 0.1) is 12.5 Å². The van der Waals surface area contributed by atoms with Crippen molar-refractivity contribution in [3.05, 3.63) is 94.2 Å². The predicted octanol–water partition coefficient (Wildman–Crippen LogP) is 5.27. The highest BCUT2D eigenvalue weighted by Gasteiger charge is 2.20. The normalized spacial score (nSPS) is 10.2. The van der Waals surface area contributed by atoms with Crippen molar-refractivity contribution in [2.75, 3.05) is 18.1 Å². The van der Waals surface area contributed by atoms with Crippen LogP contribution in [-0.4, -0.2) is 25.0 Å². The number of carbonyl (C=O) groups excluding carboxylic acids is 2. The maximum atomic E-state index is 13.2. The molecule has 8 heteroatoms. The number of hydrogen-bond acceptors (Lipinski definition) is 5. The summed E-state index contributed by atoms with van der Waals surface area (Å²) in [6.45, 7) is -0.207. The zero-order valence-electron chi connectivity index (χ0n) is 17.5. The number of amides is 1. The lowest BCUT2D eigenvalue weighted by Crippen LogP contribution is -2.35. The van der Waals surface area contributed by atoms with Crippen LogP contribution in [0.25, 0.3) is 0 Å². The topological polar surface area (TPSA) is 79.6 Å². The average molecular weight is 511 g/mol. The molecule has 0 radical (unpaired) electrons. The molecule has 33 heavy (non-hydrogen) atoms. The van der Waals surface area contributed by atoms with Gasteiger partial charge in [0.2, 0.25) is 0 Å². The van der Waals surface area contributed by atoms with E-state index in [1.54, 1.807) is 24.3 Å². The van der Waals surface area contributed by atoms with Gasteiger partial charge in [-0.25, -0.2) is 9.18 Å². The van der Waals surface area contributed by atoms with E-state index in [1.807, 2.05) is 30.3 Å². The smallest absolute Gasteiger partial charge is 0.342 e. The number of halogens is 2. The third-order valence-electron chi connectivity index (χ3n) is 4.60. The minimum atomic E-state index is -0.715. The summed E-state index contributed by atoms with van der Waals surface area (Å²) in [7, 11) is 0. The summed E-state index contributed by atoms with van der Waals surface area (Å²) in [5.41, 5.74) is 1.51. The quantitative estimate of drug-likeness (QED) is 0.366. The summed E-state index contributed by atoms with van der Waals surface area (Å²) in [5.74, 6) is -1.36. The Balaban J connectivity index is 1.66. The van der Waals surface area contributed by atoms with Crippen LogP contribution in [0.5, 0.6) is 5.75 Å². The molecule has 0 fully saturated rings. The van der Waals surface area contributed by atoms with Crippen molar-refractivity contribution in [3.63, 3.8) is 0 Å². The highest BCUT2D eigenvalue weighted by atomic mass is 79.9. The number of nitriles is 1. The van der Waals surface area contributed by atoms with Crippen LogP contribution in [0.15, 0.2) is 77.3 Å². The van der Waals surface area contributed by atoms with E-state index >= 15 is 0 Å². The highest BCUT2D eigenvalue weighted by molar-refractivity contribution is 9.10. The van der Waals surface area contributed by atoms with Crippen LogP contribution >= 0.6 is 15.9 Å². The average Bonchev–Trinajstić information content (AvgIpc) is 2.82. The van der Waals surface area contributed by atoms with Gasteiger partial charge in [0.1, 0.15) is 23.7 Å². The van der Waals surface area contributed by atoms with E-state index in [1.165, 1.54) is 29.2 Å². The first kappa shape index (κ1) is 24.0. The zero-order chi connectivity index (χ0) is 23.6. The van der Waals surface area contributed by atoms with Crippen molar-refractivity contribution in [2.24, 2.45) is 0 Å². The Morgan fingerprint density at radius 3 is 2.52 bits per heavy atom. The Bertz CT molecular complexity index is 1160. The number of anilines is 1. The molecule has 0 atom stereocenters. The van der Waals surface area contributed by atoms with Crippen molar-refractivity contribution < 1.29 is 23.5 Å². The second-order valence-electron chi connectivity index (χ2n) is 6.92. The van der Waals surface area contributed by atoms with Crippen molar-refractivity contribution in [2.45, 2.75) is 13.0 Å². The van der Waals surface area contributed by atoms with Crippen molar-refractivity contribution in [3.8, 4) is 11.8 Å². The fraction of sp³-hybridized carbons (Fsp3) is 0.160. The molecule has 3 aromatic carbocycles. The molecular formula is C25H20BrFN2O4. The number of ether oxygens (including phenoxy) is 2. The van der Waals surface area contributed by atoms with Gasteiger partial charge in [-0.05, 0) is 54.1 Å². The molecule has 3 aromatic rings. The van der Waals surface area contributed by atoms with E-state index in [2.05, 4.69) is 15.9 Å². The molecule has 0 aliphatic carbocycles. The van der Waals surface area contributed by atoms with Crippen LogP contribution in [0.3, 0.4) is 0 Å². The third-order valence-corrected chi connectivity index (χ3v) is 5.10. The van der Waals surface area contributed by atoms with Crippen molar-refractivity contribution in [1.29, 1.82) is 5.26 Å². The van der Waals surface area contributed by atoms with Crippen LogP contribution in [0.1, 0.15) is 22.3 Å². The molecule has 0 N–H and O–H groups in total. The van der Waals surface area contributed by atoms with E-state index in [0.717, 1.165) is 10.0 Å². The minimum Gasteiger partial charge on any atom is -0.488 e. The van der Waals surface area contributed by atoms with Gasteiger partial charge in [0.25, 0.3) is 5.91 Å². The predicted molar refractivity (Wildman–Crippen MR) is 124 cm³/mol. The fourth-order valence-corrected chi connectivity index (χ4v) is 3.46. The third kappa shape index (κ3) is 6.89. The Hall–Kier alpha value is -3.70. The molecule has 0 heterocycles. The summed E-state index contributed by atoms with van der Waals surface area (Å²) >= 11 is 3.41. The molecule has 1 amide bonds. The molecule has 0 aliphatic rings. The van der Waals surface area contributed by atoms with E-state index in [0.29, 0.717) is 11.4 Å². The Morgan fingerprint density at radius 1 is 1.03 bits per heavy atom. The number of carbonyl (C=O) groups is 2. The standard InChI is InChI=1S/C25H20BrFN2O4/c26-19-6-3-5-18(15-19)16-32-23-8-2-1-7-22(23)25(31)33-17-24(30)29(14-4-13-28)21-11-9-20(27)10-12-21/h1-3,5-12,15H,4,14,16-17H2. The zero-order valence-corrected chi connectivity index (χ0v) is 19.1. The molecule has 0 bridgehead atoms. The second-order valence-corrected chi connectivity index (χ2v) is 7.84. The van der Waals surface area contributed by atoms with Crippen LogP contribution in [0, 0.1) is 17.1 Å². The summed E-state index contributed by atoms with van der Waals surface area (Å²) in [6, 6.07) is 21.4. The van der Waals surface area contributed by atoms with Gasteiger partial charge in [-0.3, -0.25) is 4.79 Å². The Kier molecular flexibility index (Phi) is 8.56. The van der Waals surface area contributed by atoms with Crippen LogP contribution in [-0.2, 0) is 16.1 Å². The summed E-state index contributed by atoms with van der Waals surface area (Å²) < 4.78 is 25.2. The summed E-state index contributed by atoms with van der Waals surface area (Å²) in [5, 5.41) is 8.88. The van der Waals surface area contributed by atoms with E-state index in [9.17, 15) is 14.0 Å². The number of esters is 1. The van der Waals surface area contributed by atoms with Gasteiger partial charge in [0.15, 0.2) is 6.61 Å². The van der Waals surface area contributed by atoms with Gasteiger partial charge in [-0.2, -0.15) is 5.26 Å². The number of para-hydroxylation sites is 1. The Morgan fingerprint density at radius 2 is 1.79 bits per heavy atom. The fourth-order valence-electron chi connectivity index (χ4n) is 3.01. The number of nitrogens with zero attached hydrogens (tertiary/aromatic N) is 2. The van der Waals surface area contributed by atoms with E-state index in [4.69, 9.17) is 14.7 Å². The van der Waals surface area contributed by atoms with Gasteiger partial charge in [0, 0.05) is 16.7 Å². The maximum absolute atomic E-state index is 13.2. The van der Waals surface area contributed by atoms with Crippen LogP contribution in [0.2, 0.25) is 0 Å². The van der Waals surface area contributed by atoms with Gasteiger partial charge >= 0.3 is 5.97 Å². The van der Waals surface area contributed by atoms with Gasteiger partial charge in [-0.1, -0.05) is 40.2 Å². The molecule has 0 saturated carbocycles. The largest absolute Gasteiger partial charge is 0.488 e. The number of hydrogen-bond donors (Lipinski definition) is 0. The van der Waals surface area contributed by atoms with Crippen molar-refractivity contribution >= 4 is 33.5 Å². The monoisotopic (exact) mass is 510 g/mol. The first-order valence-electron chi connectivity index (χ1n) is 10.0. The van der Waals surface area contributed by atoms with E-state index < -0.39 is 24.3 Å². The molecular weight excluding hydrogens is 491 g/mol. The summed E-state index contributed by atoms with van der Waals surface area (Å²) in [4.78, 5) is 26.7. The Labute approximate surface area is 199 Å². The molecule has 0 spiro atoms. The minimum absolute atomic E-state index is 0.0728. The molecule has 0 unspecified atom stereocenters. The number of benzene rings is 3. The molecule has 0 aromatic heterocycles. The second kappa shape index (κ2) is 11.8. The SMILES string of the molecule is N#CCCN(C(=O)COC(=O)c1ccccc1OCc1cccc(Br)c1)c1ccc(F)cc1. The van der Waals surface area contributed by atoms with Gasteiger partial charge in [-0.15, -0.1) is 0 Å². The first-order chi connectivity index (χ1) is 16.0. The van der Waals surface area contributed by atoms with E-state index in [-0.39, 0.29) is 25.1 Å². The number of rotatable bonds is 9. The van der Waals surface area contributed by atoms with Crippen LogP contribution in [0.4, 0.5) is 10.1 Å². The molecule has 0 saturated heterocycles. The maximum Gasteiger partial charge on any atom is 0.342 e. The molecule has 3 rings (SSSR count). The lowest BCUT2D eigenvalue weighted by molar-refractivity contribution is -0.121. The van der Waals surface area contributed by atoms with Crippen LogP contribution < -0.4 is 9.64 Å². The molecule has 168 valence electrons. The summed E-state index contributed by atoms with van der Waals surface area (Å²) in [6.07, 6.45) is 0.0728. The lowest BCUT2D eigenvalue weighted by atomic mass is 10.2. The lowest BCUT2D eigenvalue weighted by Gasteiger charge is -2.21. The molecule has 6 nitrogen and oxygen atoms in total. The first-order valence-corrected chi connectivity index (χ1v) is 10.8.